The molecule has 1 rings (SSSR count). The van der Waals surface area contributed by atoms with Crippen LogP contribution in [0.1, 0.15) is 22.3 Å². The fraction of sp³-hybridized carbons (Fsp3) is 0.400. The van der Waals surface area contributed by atoms with Crippen molar-refractivity contribution < 1.29 is 42.8 Å². The van der Waals surface area contributed by atoms with Gasteiger partial charge in [0.05, 0.1) is 17.7 Å². The largest absolute Gasteiger partial charge is 0.437 e. The molecule has 0 N–H and O–H groups in total. The average Bonchev–Trinajstić information content (AvgIpc) is 2.22. The minimum Gasteiger partial charge on any atom is -0.240 e. The fourth-order valence-corrected chi connectivity index (χ4v) is 1.81. The van der Waals surface area contributed by atoms with Crippen LogP contribution < -0.4 is 0 Å². The summed E-state index contributed by atoms with van der Waals surface area (Å²) in [6.45, 7) is -0.467. The van der Waals surface area contributed by atoms with Gasteiger partial charge in [0, 0.05) is 0 Å². The van der Waals surface area contributed by atoms with E-state index in [9.17, 15) is 38.6 Å². The molecule has 0 saturated heterocycles. The second kappa shape index (κ2) is 5.44. The Bertz CT molecular complexity index is 631. The van der Waals surface area contributed by atoms with Crippen LogP contribution in [0.5, 0.6) is 0 Å². The molecule has 120 valence electrons. The van der Waals surface area contributed by atoms with Crippen molar-refractivity contribution in [3.8, 4) is 0 Å². The molecule has 3 nitrogen and oxygen atoms in total. The molecule has 21 heavy (non-hydrogen) atoms. The number of rotatable bonds is 3. The molecule has 0 radical (unpaired) electrons. The molecule has 0 spiro atoms. The standard InChI is InChI=1S/C10H7F7O3S/c1-5-2-6(9(11,12)13)3-8(10(14,15)16)7(5)4-20-21(17,18)19/h2-3H,4H2,1H3. The van der Waals surface area contributed by atoms with Gasteiger partial charge in [0.15, 0.2) is 0 Å². The van der Waals surface area contributed by atoms with Crippen LogP contribution in [0.2, 0.25) is 0 Å². The summed E-state index contributed by atoms with van der Waals surface area (Å²) in [4.78, 5) is 0. The predicted molar refractivity (Wildman–Crippen MR) is 56.0 cm³/mol. The van der Waals surface area contributed by atoms with Gasteiger partial charge in [-0.05, 0) is 30.2 Å². The van der Waals surface area contributed by atoms with Crippen LogP contribution in [-0.4, -0.2) is 8.42 Å². The first-order valence-corrected chi connectivity index (χ1v) is 6.39. The summed E-state index contributed by atoms with van der Waals surface area (Å²) in [6.07, 6.45) is -10.2. The zero-order valence-electron chi connectivity index (χ0n) is 10.1. The van der Waals surface area contributed by atoms with E-state index in [2.05, 4.69) is 4.18 Å². The Hall–Kier alpha value is -1.36. The highest BCUT2D eigenvalue weighted by molar-refractivity contribution is 7.81. The van der Waals surface area contributed by atoms with Crippen molar-refractivity contribution in [2.75, 3.05) is 0 Å². The number of hydrogen-bond acceptors (Lipinski definition) is 3. The number of benzene rings is 1. The molecule has 0 unspecified atom stereocenters. The molecule has 0 bridgehead atoms. The monoisotopic (exact) mass is 340 g/mol. The SMILES string of the molecule is Cc1cc(C(F)(F)F)cc(C(F)(F)F)c1COS(=O)(=O)F. The van der Waals surface area contributed by atoms with E-state index in [0.717, 1.165) is 6.92 Å². The van der Waals surface area contributed by atoms with Gasteiger partial charge in [-0.3, -0.25) is 0 Å². The maximum absolute atomic E-state index is 12.8. The van der Waals surface area contributed by atoms with Crippen molar-refractivity contribution in [2.24, 2.45) is 0 Å². The zero-order valence-corrected chi connectivity index (χ0v) is 11.0. The third-order valence-corrected chi connectivity index (χ3v) is 2.85. The van der Waals surface area contributed by atoms with E-state index in [4.69, 9.17) is 0 Å². The molecule has 0 fully saturated rings. The van der Waals surface area contributed by atoms with Gasteiger partial charge < -0.3 is 0 Å². The van der Waals surface area contributed by atoms with Crippen LogP contribution in [0.3, 0.4) is 0 Å². The molecule has 0 saturated carbocycles. The normalized spacial score (nSPS) is 13.5. The molecule has 0 aromatic heterocycles. The first kappa shape index (κ1) is 17.7. The molecule has 11 heteroatoms. The first-order valence-electron chi connectivity index (χ1n) is 5.09. The van der Waals surface area contributed by atoms with Crippen LogP contribution in [-0.2, 0) is 33.6 Å². The van der Waals surface area contributed by atoms with Crippen LogP contribution >= 0.6 is 0 Å². The fourth-order valence-electron chi connectivity index (χ4n) is 1.55. The van der Waals surface area contributed by atoms with Crippen molar-refractivity contribution in [2.45, 2.75) is 25.9 Å². The lowest BCUT2D eigenvalue weighted by molar-refractivity contribution is -0.143. The van der Waals surface area contributed by atoms with Crippen LogP contribution in [0, 0.1) is 6.92 Å². The van der Waals surface area contributed by atoms with Crippen LogP contribution in [0.4, 0.5) is 30.2 Å². The Kier molecular flexibility index (Phi) is 4.59. The van der Waals surface area contributed by atoms with Gasteiger partial charge in [0.1, 0.15) is 0 Å². The third-order valence-electron chi connectivity index (χ3n) is 2.45. The highest BCUT2D eigenvalue weighted by atomic mass is 32.3. The van der Waals surface area contributed by atoms with Crippen molar-refractivity contribution in [3.05, 3.63) is 34.4 Å². The summed E-state index contributed by atoms with van der Waals surface area (Å²) in [5.74, 6) is 0. The van der Waals surface area contributed by atoms with E-state index in [1.54, 1.807) is 0 Å². The minimum absolute atomic E-state index is 0.184. The number of alkyl halides is 6. The van der Waals surface area contributed by atoms with E-state index in [1.807, 2.05) is 0 Å². The lowest BCUT2D eigenvalue weighted by Gasteiger charge is -2.17. The maximum Gasteiger partial charge on any atom is 0.437 e. The van der Waals surface area contributed by atoms with Crippen LogP contribution in [0.25, 0.3) is 0 Å². The van der Waals surface area contributed by atoms with Crippen molar-refractivity contribution in [3.63, 3.8) is 0 Å². The van der Waals surface area contributed by atoms with Gasteiger partial charge in [0.25, 0.3) is 0 Å². The van der Waals surface area contributed by atoms with Crippen molar-refractivity contribution >= 4 is 10.5 Å². The number of aryl methyl sites for hydroxylation is 1. The average molecular weight is 340 g/mol. The predicted octanol–water partition coefficient (Wildman–Crippen LogP) is 3.76. The lowest BCUT2D eigenvalue weighted by Crippen LogP contribution is -2.16. The number of hydrogen-bond donors (Lipinski definition) is 0. The molecular formula is C10H7F7O3S. The highest BCUT2D eigenvalue weighted by Gasteiger charge is 2.39. The Labute approximate surface area is 114 Å². The summed E-state index contributed by atoms with van der Waals surface area (Å²) in [5, 5.41) is 0. The first-order chi connectivity index (χ1) is 9.22. The third kappa shape index (κ3) is 4.84. The molecule has 0 aliphatic carbocycles. The van der Waals surface area contributed by atoms with E-state index < -0.39 is 51.7 Å². The molecule has 0 amide bonds. The van der Waals surface area contributed by atoms with Gasteiger partial charge >= 0.3 is 22.9 Å². The Morgan fingerprint density at radius 3 is 1.95 bits per heavy atom. The summed E-state index contributed by atoms with van der Waals surface area (Å²) in [5.41, 5.74) is -4.71. The van der Waals surface area contributed by atoms with Gasteiger partial charge in [-0.15, -0.1) is 0 Å². The quantitative estimate of drug-likeness (QED) is 0.622. The van der Waals surface area contributed by atoms with Crippen molar-refractivity contribution in [1.29, 1.82) is 0 Å². The van der Waals surface area contributed by atoms with E-state index in [0.29, 0.717) is 6.07 Å². The molecule has 0 aliphatic rings. The van der Waals surface area contributed by atoms with E-state index in [-0.39, 0.29) is 6.07 Å². The topological polar surface area (TPSA) is 43.4 Å². The summed E-state index contributed by atoms with van der Waals surface area (Å²) in [6, 6.07) is 0.204. The van der Waals surface area contributed by atoms with Gasteiger partial charge in [-0.2, -0.15) is 34.8 Å². The Balaban J connectivity index is 3.43. The molecule has 0 heterocycles. The highest BCUT2D eigenvalue weighted by Crippen LogP contribution is 2.39. The van der Waals surface area contributed by atoms with E-state index >= 15 is 0 Å². The summed E-state index contributed by atoms with van der Waals surface area (Å²) >= 11 is 0. The Morgan fingerprint density at radius 1 is 1.05 bits per heavy atom. The molecule has 0 atom stereocenters. The van der Waals surface area contributed by atoms with Gasteiger partial charge in [-0.1, -0.05) is 3.89 Å². The molecule has 1 aromatic carbocycles. The van der Waals surface area contributed by atoms with E-state index in [1.165, 1.54) is 0 Å². The van der Waals surface area contributed by atoms with Gasteiger partial charge in [0.2, 0.25) is 0 Å². The van der Waals surface area contributed by atoms with Gasteiger partial charge in [-0.25, -0.2) is 4.18 Å². The minimum atomic E-state index is -5.53. The molecule has 1 aromatic rings. The molecule has 0 aliphatic heterocycles. The second-order valence-corrected chi connectivity index (χ2v) is 4.99. The molecular weight excluding hydrogens is 333 g/mol. The maximum atomic E-state index is 12.8. The second-order valence-electron chi connectivity index (χ2n) is 3.97. The summed E-state index contributed by atoms with van der Waals surface area (Å²) in [7, 11) is -5.53. The van der Waals surface area contributed by atoms with Crippen molar-refractivity contribution in [1.82, 2.24) is 0 Å². The number of halogens is 7. The smallest absolute Gasteiger partial charge is 0.240 e. The summed E-state index contributed by atoms with van der Waals surface area (Å²) < 4.78 is 112. The van der Waals surface area contributed by atoms with Crippen LogP contribution in [0.15, 0.2) is 12.1 Å². The Morgan fingerprint density at radius 2 is 1.57 bits per heavy atom. The zero-order chi connectivity index (χ0) is 16.6. The lowest BCUT2D eigenvalue weighted by atomic mass is 9.98.